The molecule has 17 heavy (non-hydrogen) atoms. The van der Waals surface area contributed by atoms with Crippen molar-refractivity contribution in [3.8, 4) is 0 Å². The van der Waals surface area contributed by atoms with Crippen LogP contribution in [0.1, 0.15) is 13.3 Å². The monoisotopic (exact) mass is 239 g/mol. The van der Waals surface area contributed by atoms with Gasteiger partial charge in [-0.25, -0.2) is 9.59 Å². The second-order valence-corrected chi connectivity index (χ2v) is 4.01. The highest BCUT2D eigenvalue weighted by Gasteiger charge is 2.41. The molecule has 94 valence electrons. The molecule has 0 aliphatic carbocycles. The van der Waals surface area contributed by atoms with Crippen molar-refractivity contribution in [2.24, 2.45) is 0 Å². The van der Waals surface area contributed by atoms with Crippen LogP contribution < -0.4 is 0 Å². The first-order chi connectivity index (χ1) is 7.98. The fraction of sp³-hybridized carbons (Fsp3) is 0.500. The van der Waals surface area contributed by atoms with Crippen LogP contribution in [0.4, 0.5) is 0 Å². The zero-order valence-corrected chi connectivity index (χ0v) is 10.4. The third kappa shape index (κ3) is 2.49. The number of carbonyl (C=O) groups excluding carboxylic acids is 2. The minimum atomic E-state index is -0.580. The second kappa shape index (κ2) is 5.03. The van der Waals surface area contributed by atoms with Crippen molar-refractivity contribution < 1.29 is 19.1 Å². The number of esters is 2. The number of hydrogen-bond donors (Lipinski definition) is 0. The molecule has 1 aliphatic heterocycles. The maximum Gasteiger partial charge on any atom is 0.354 e. The number of carbonyl (C=O) groups is 2. The molecule has 1 rings (SSSR count). The van der Waals surface area contributed by atoms with Crippen molar-refractivity contribution >= 4 is 11.9 Å². The maximum absolute atomic E-state index is 11.6. The number of ether oxygens (including phenoxy) is 2. The average Bonchev–Trinajstić information content (AvgIpc) is 2.34. The van der Waals surface area contributed by atoms with Gasteiger partial charge in [-0.1, -0.05) is 6.08 Å². The molecule has 1 heterocycles. The van der Waals surface area contributed by atoms with Gasteiger partial charge in [0.1, 0.15) is 5.70 Å². The predicted molar refractivity (Wildman–Crippen MR) is 62.0 cm³/mol. The number of likely N-dealkylation sites (tertiary alicyclic amines) is 1. The summed E-state index contributed by atoms with van der Waals surface area (Å²) in [6.07, 6.45) is 3.78. The minimum absolute atomic E-state index is 0.202. The molecule has 1 saturated heterocycles. The summed E-state index contributed by atoms with van der Waals surface area (Å²) in [7, 11) is 2.54. The van der Waals surface area contributed by atoms with E-state index < -0.39 is 11.9 Å². The van der Waals surface area contributed by atoms with E-state index >= 15 is 0 Å². The molecule has 0 aromatic rings. The van der Waals surface area contributed by atoms with Crippen molar-refractivity contribution in [3.05, 3.63) is 24.4 Å². The Morgan fingerprint density at radius 2 is 2.00 bits per heavy atom. The SMILES string of the molecule is C=CC1(C)CCN1/C(=C\C(=O)OC)C(=O)OC. The Balaban J connectivity index is 3.00. The van der Waals surface area contributed by atoms with Gasteiger partial charge in [-0.15, -0.1) is 6.58 Å². The van der Waals surface area contributed by atoms with Crippen LogP contribution in [0.3, 0.4) is 0 Å². The Bertz CT molecular complexity index is 375. The van der Waals surface area contributed by atoms with Crippen molar-refractivity contribution in [1.82, 2.24) is 4.90 Å². The standard InChI is InChI=1S/C12H17NO4/c1-5-12(2)6-7-13(12)9(11(15)17-4)8-10(14)16-3/h5,8H,1,6-7H2,2-4H3/b9-8-. The lowest BCUT2D eigenvalue weighted by Crippen LogP contribution is -2.57. The molecule has 1 fully saturated rings. The first-order valence-electron chi connectivity index (χ1n) is 5.27. The molecule has 5 heteroatoms. The minimum Gasteiger partial charge on any atom is -0.466 e. The fourth-order valence-electron chi connectivity index (χ4n) is 1.71. The number of nitrogens with zero attached hydrogens (tertiary/aromatic N) is 1. The first-order valence-corrected chi connectivity index (χ1v) is 5.27. The summed E-state index contributed by atoms with van der Waals surface area (Å²) in [4.78, 5) is 24.6. The van der Waals surface area contributed by atoms with Crippen LogP contribution in [0.15, 0.2) is 24.4 Å². The van der Waals surface area contributed by atoms with E-state index in [0.717, 1.165) is 12.5 Å². The van der Waals surface area contributed by atoms with Gasteiger partial charge in [-0.05, 0) is 13.3 Å². The van der Waals surface area contributed by atoms with Gasteiger partial charge in [0.2, 0.25) is 0 Å². The molecule has 0 N–H and O–H groups in total. The Kier molecular flexibility index (Phi) is 3.93. The van der Waals surface area contributed by atoms with Crippen LogP contribution in [-0.4, -0.2) is 43.1 Å². The van der Waals surface area contributed by atoms with Crippen LogP contribution in [-0.2, 0) is 19.1 Å². The van der Waals surface area contributed by atoms with Crippen molar-refractivity contribution in [2.75, 3.05) is 20.8 Å². The predicted octanol–water partition coefficient (Wildman–Crippen LogP) is 0.867. The van der Waals surface area contributed by atoms with E-state index in [-0.39, 0.29) is 11.2 Å². The van der Waals surface area contributed by atoms with Crippen LogP contribution >= 0.6 is 0 Å². The van der Waals surface area contributed by atoms with E-state index in [4.69, 9.17) is 0 Å². The zero-order valence-electron chi connectivity index (χ0n) is 10.4. The van der Waals surface area contributed by atoms with E-state index in [1.165, 1.54) is 14.2 Å². The quantitative estimate of drug-likeness (QED) is 0.414. The van der Waals surface area contributed by atoms with E-state index in [1.54, 1.807) is 11.0 Å². The molecule has 0 spiro atoms. The third-order valence-corrected chi connectivity index (χ3v) is 3.04. The number of rotatable bonds is 4. The fourth-order valence-corrected chi connectivity index (χ4v) is 1.71. The van der Waals surface area contributed by atoms with E-state index in [1.807, 2.05) is 6.92 Å². The summed E-state index contributed by atoms with van der Waals surface area (Å²) in [5.74, 6) is -1.13. The summed E-state index contributed by atoms with van der Waals surface area (Å²) in [6, 6.07) is 0. The van der Waals surface area contributed by atoms with Crippen molar-refractivity contribution in [1.29, 1.82) is 0 Å². The molecule has 1 unspecified atom stereocenters. The Morgan fingerprint density at radius 3 is 2.35 bits per heavy atom. The van der Waals surface area contributed by atoms with Crippen LogP contribution in [0.5, 0.6) is 0 Å². The summed E-state index contributed by atoms with van der Waals surface area (Å²) < 4.78 is 9.18. The van der Waals surface area contributed by atoms with Gasteiger partial charge in [0, 0.05) is 6.54 Å². The molecule has 0 amide bonds. The van der Waals surface area contributed by atoms with Crippen molar-refractivity contribution in [3.63, 3.8) is 0 Å². The Hall–Kier alpha value is -1.78. The lowest BCUT2D eigenvalue weighted by atomic mass is 9.86. The van der Waals surface area contributed by atoms with Gasteiger partial charge >= 0.3 is 11.9 Å². The van der Waals surface area contributed by atoms with Crippen LogP contribution in [0.25, 0.3) is 0 Å². The van der Waals surface area contributed by atoms with Gasteiger partial charge < -0.3 is 14.4 Å². The second-order valence-electron chi connectivity index (χ2n) is 4.01. The average molecular weight is 239 g/mol. The molecule has 0 aromatic carbocycles. The Labute approximate surface area is 101 Å². The van der Waals surface area contributed by atoms with E-state index in [0.29, 0.717) is 6.54 Å². The van der Waals surface area contributed by atoms with Gasteiger partial charge in [0.25, 0.3) is 0 Å². The van der Waals surface area contributed by atoms with E-state index in [9.17, 15) is 9.59 Å². The molecule has 0 aromatic heterocycles. The lowest BCUT2D eigenvalue weighted by Gasteiger charge is -2.50. The molecule has 1 aliphatic rings. The Morgan fingerprint density at radius 1 is 1.35 bits per heavy atom. The summed E-state index contributed by atoms with van der Waals surface area (Å²) in [5.41, 5.74) is -0.110. The van der Waals surface area contributed by atoms with Crippen LogP contribution in [0, 0.1) is 0 Å². The molecule has 1 atom stereocenters. The van der Waals surface area contributed by atoms with E-state index in [2.05, 4.69) is 16.1 Å². The van der Waals surface area contributed by atoms with Gasteiger partial charge in [-0.2, -0.15) is 0 Å². The summed E-state index contributed by atoms with van der Waals surface area (Å²) in [6.45, 7) is 6.36. The molecule has 0 radical (unpaired) electrons. The largest absolute Gasteiger partial charge is 0.466 e. The smallest absolute Gasteiger partial charge is 0.354 e. The highest BCUT2D eigenvalue weighted by atomic mass is 16.5. The van der Waals surface area contributed by atoms with Crippen molar-refractivity contribution in [2.45, 2.75) is 18.9 Å². The van der Waals surface area contributed by atoms with Crippen LogP contribution in [0.2, 0.25) is 0 Å². The molecular formula is C12H17NO4. The van der Waals surface area contributed by atoms with Gasteiger partial charge in [-0.3, -0.25) is 0 Å². The highest BCUT2D eigenvalue weighted by molar-refractivity contribution is 5.96. The molecule has 5 nitrogen and oxygen atoms in total. The third-order valence-electron chi connectivity index (χ3n) is 3.04. The summed E-state index contributed by atoms with van der Waals surface area (Å²) >= 11 is 0. The molecular weight excluding hydrogens is 222 g/mol. The maximum atomic E-state index is 11.6. The topological polar surface area (TPSA) is 55.8 Å². The number of methoxy groups -OCH3 is 2. The summed E-state index contributed by atoms with van der Waals surface area (Å²) in [5, 5.41) is 0. The van der Waals surface area contributed by atoms with Gasteiger partial charge in [0.05, 0.1) is 25.8 Å². The van der Waals surface area contributed by atoms with Gasteiger partial charge in [0.15, 0.2) is 0 Å². The molecule has 0 bridgehead atoms. The first kappa shape index (κ1) is 13.3. The normalized spacial score (nSPS) is 23.7. The number of hydrogen-bond acceptors (Lipinski definition) is 5. The lowest BCUT2D eigenvalue weighted by molar-refractivity contribution is -0.141. The zero-order chi connectivity index (χ0) is 13.1. The molecule has 0 saturated carbocycles. The highest BCUT2D eigenvalue weighted by Crippen LogP contribution is 2.35.